The summed E-state index contributed by atoms with van der Waals surface area (Å²) >= 11 is 12.6. The molecule has 1 aliphatic rings. The van der Waals surface area contributed by atoms with E-state index in [1.807, 2.05) is 60.7 Å². The third-order valence-corrected chi connectivity index (χ3v) is 4.74. The van der Waals surface area contributed by atoms with Gasteiger partial charge in [-0.2, -0.15) is 0 Å². The lowest BCUT2D eigenvalue weighted by Gasteiger charge is -2.37. The molecule has 2 aromatic carbocycles. The third kappa shape index (κ3) is 2.84. The van der Waals surface area contributed by atoms with E-state index in [9.17, 15) is 4.79 Å². The van der Waals surface area contributed by atoms with E-state index in [-0.39, 0.29) is 17.9 Å². The molecule has 1 saturated heterocycles. The quantitative estimate of drug-likeness (QED) is 0.852. The fourth-order valence-corrected chi connectivity index (χ4v) is 3.47. The zero-order chi connectivity index (χ0) is 14.8. The number of carbonyl (C=O) groups excluding carboxylic acids is 1. The Morgan fingerprint density at radius 3 is 1.48 bits per heavy atom. The molecule has 0 amide bonds. The molecule has 0 aromatic heterocycles. The molecule has 1 fully saturated rings. The first kappa shape index (κ1) is 14.6. The van der Waals surface area contributed by atoms with E-state index < -0.39 is 10.8 Å². The fourth-order valence-electron chi connectivity index (χ4n) is 2.69. The number of ketones is 1. The van der Waals surface area contributed by atoms with Gasteiger partial charge in [-0.05, 0) is 11.1 Å². The lowest BCUT2D eigenvalue weighted by Crippen LogP contribution is -2.50. The van der Waals surface area contributed by atoms with Crippen LogP contribution >= 0.6 is 23.2 Å². The van der Waals surface area contributed by atoms with E-state index >= 15 is 0 Å². The molecule has 2 nitrogen and oxygen atoms in total. The minimum Gasteiger partial charge on any atom is -0.300 e. The van der Waals surface area contributed by atoms with Crippen LogP contribution in [0.4, 0.5) is 0 Å². The van der Waals surface area contributed by atoms with Crippen molar-refractivity contribution in [2.75, 3.05) is 0 Å². The molecule has 0 saturated carbocycles. The Morgan fingerprint density at radius 2 is 1.10 bits per heavy atom. The van der Waals surface area contributed by atoms with E-state index in [1.54, 1.807) is 0 Å². The summed E-state index contributed by atoms with van der Waals surface area (Å²) < 4.78 is 0. The summed E-state index contributed by atoms with van der Waals surface area (Å²) in [6.07, 6.45) is 0. The van der Waals surface area contributed by atoms with Gasteiger partial charge in [-0.1, -0.05) is 60.7 Å². The number of hydrogen-bond acceptors (Lipinski definition) is 2. The molecular formula is C17H15Cl2NO. The Kier molecular flexibility index (Phi) is 4.29. The largest absolute Gasteiger partial charge is 0.300 e. The van der Waals surface area contributed by atoms with Crippen LogP contribution < -0.4 is 5.32 Å². The molecule has 1 N–H and O–H groups in total. The van der Waals surface area contributed by atoms with Crippen LogP contribution in [0.3, 0.4) is 0 Å². The smallest absolute Gasteiger partial charge is 0.172 e. The summed E-state index contributed by atoms with van der Waals surface area (Å²) in [6, 6.07) is 19.0. The molecule has 1 heterocycles. The van der Waals surface area contributed by atoms with Gasteiger partial charge in [0.2, 0.25) is 0 Å². The minimum absolute atomic E-state index is 0.125. The zero-order valence-corrected chi connectivity index (χ0v) is 12.8. The average molecular weight is 320 g/mol. The first-order chi connectivity index (χ1) is 10.2. The van der Waals surface area contributed by atoms with Gasteiger partial charge in [0, 0.05) is 0 Å². The van der Waals surface area contributed by atoms with E-state index in [2.05, 4.69) is 5.32 Å². The Bertz CT molecular complexity index is 564. The van der Waals surface area contributed by atoms with Crippen LogP contribution in [0.15, 0.2) is 60.7 Å². The van der Waals surface area contributed by atoms with Gasteiger partial charge in [-0.3, -0.25) is 10.1 Å². The summed E-state index contributed by atoms with van der Waals surface area (Å²) in [5.41, 5.74) is 1.99. The number of benzene rings is 2. The summed E-state index contributed by atoms with van der Waals surface area (Å²) in [5.74, 6) is -0.125. The maximum absolute atomic E-state index is 12.4. The van der Waals surface area contributed by atoms with Gasteiger partial charge in [0.15, 0.2) is 5.78 Å². The number of halogens is 2. The Balaban J connectivity index is 1.95. The predicted molar refractivity (Wildman–Crippen MR) is 85.8 cm³/mol. The van der Waals surface area contributed by atoms with Gasteiger partial charge in [-0.25, -0.2) is 0 Å². The monoisotopic (exact) mass is 319 g/mol. The molecule has 4 atom stereocenters. The molecular weight excluding hydrogens is 305 g/mol. The number of hydrogen-bond donors (Lipinski definition) is 1. The van der Waals surface area contributed by atoms with Crippen molar-refractivity contribution in [3.8, 4) is 0 Å². The maximum atomic E-state index is 12.4. The first-order valence-corrected chi connectivity index (χ1v) is 7.73. The van der Waals surface area contributed by atoms with Gasteiger partial charge < -0.3 is 0 Å². The third-order valence-electron chi connectivity index (χ3n) is 3.81. The summed E-state index contributed by atoms with van der Waals surface area (Å²) in [5, 5.41) is 2.12. The molecule has 1 aliphatic heterocycles. The molecule has 2 aromatic rings. The fraction of sp³-hybridized carbons (Fsp3) is 0.235. The lowest BCUT2D eigenvalue weighted by atomic mass is 9.88. The van der Waals surface area contributed by atoms with Crippen LogP contribution in [0.2, 0.25) is 0 Å². The zero-order valence-electron chi connectivity index (χ0n) is 11.2. The second-order valence-electron chi connectivity index (χ2n) is 5.15. The van der Waals surface area contributed by atoms with Crippen LogP contribution in [0, 0.1) is 0 Å². The normalized spacial score (nSPS) is 29.3. The van der Waals surface area contributed by atoms with Crippen molar-refractivity contribution in [3.05, 3.63) is 71.8 Å². The van der Waals surface area contributed by atoms with Gasteiger partial charge in [0.05, 0.1) is 12.1 Å². The topological polar surface area (TPSA) is 29.1 Å². The number of alkyl halides is 2. The summed E-state index contributed by atoms with van der Waals surface area (Å²) in [6.45, 7) is 0. The second kappa shape index (κ2) is 6.18. The molecule has 0 spiro atoms. The second-order valence-corrected chi connectivity index (χ2v) is 6.09. The van der Waals surface area contributed by atoms with Crippen molar-refractivity contribution in [3.63, 3.8) is 0 Å². The SMILES string of the molecule is O=C1C(Cl)C(c2ccccc2)NC(c2ccccc2)C1Cl. The van der Waals surface area contributed by atoms with Gasteiger partial charge in [0.1, 0.15) is 10.8 Å². The summed E-state index contributed by atoms with van der Waals surface area (Å²) in [4.78, 5) is 12.4. The summed E-state index contributed by atoms with van der Waals surface area (Å²) in [7, 11) is 0. The molecule has 3 rings (SSSR count). The van der Waals surface area contributed by atoms with Gasteiger partial charge >= 0.3 is 0 Å². The average Bonchev–Trinajstić information content (AvgIpc) is 2.55. The Labute approximate surface area is 134 Å². The molecule has 108 valence electrons. The van der Waals surface area contributed by atoms with Gasteiger partial charge in [0.25, 0.3) is 0 Å². The molecule has 4 heteroatoms. The van der Waals surface area contributed by atoms with Crippen molar-refractivity contribution in [1.29, 1.82) is 0 Å². The highest BCUT2D eigenvalue weighted by atomic mass is 35.5. The van der Waals surface area contributed by atoms with E-state index in [0.29, 0.717) is 0 Å². The van der Waals surface area contributed by atoms with Crippen molar-refractivity contribution in [2.24, 2.45) is 0 Å². The molecule has 4 unspecified atom stereocenters. The molecule has 0 bridgehead atoms. The number of Topliss-reactive ketones (excluding diaryl/α,β-unsaturated/α-hetero) is 1. The van der Waals surface area contributed by atoms with Gasteiger partial charge in [-0.15, -0.1) is 23.2 Å². The highest BCUT2D eigenvalue weighted by Crippen LogP contribution is 2.36. The molecule has 0 aliphatic carbocycles. The van der Waals surface area contributed by atoms with Crippen molar-refractivity contribution in [2.45, 2.75) is 22.8 Å². The highest BCUT2D eigenvalue weighted by Gasteiger charge is 2.42. The molecule has 0 radical (unpaired) electrons. The van der Waals surface area contributed by atoms with E-state index in [4.69, 9.17) is 23.2 Å². The first-order valence-electron chi connectivity index (χ1n) is 6.86. The van der Waals surface area contributed by atoms with Crippen LogP contribution in [0.25, 0.3) is 0 Å². The van der Waals surface area contributed by atoms with Crippen molar-refractivity contribution in [1.82, 2.24) is 5.32 Å². The number of rotatable bonds is 2. The number of piperidine rings is 1. The maximum Gasteiger partial charge on any atom is 0.172 e. The van der Waals surface area contributed by atoms with E-state index in [1.165, 1.54) is 0 Å². The van der Waals surface area contributed by atoms with Crippen molar-refractivity contribution < 1.29 is 4.79 Å². The lowest BCUT2D eigenvalue weighted by molar-refractivity contribution is -0.121. The van der Waals surface area contributed by atoms with Crippen LogP contribution in [-0.2, 0) is 4.79 Å². The predicted octanol–water partition coefficient (Wildman–Crippen LogP) is 3.86. The minimum atomic E-state index is -0.658. The Morgan fingerprint density at radius 1 is 0.714 bits per heavy atom. The van der Waals surface area contributed by atoms with Crippen LogP contribution in [0.5, 0.6) is 0 Å². The van der Waals surface area contributed by atoms with E-state index in [0.717, 1.165) is 11.1 Å². The highest BCUT2D eigenvalue weighted by molar-refractivity contribution is 6.41. The number of carbonyl (C=O) groups is 1. The van der Waals surface area contributed by atoms with Crippen molar-refractivity contribution >= 4 is 29.0 Å². The van der Waals surface area contributed by atoms with Crippen LogP contribution in [0.1, 0.15) is 23.2 Å². The standard InChI is InChI=1S/C17H15Cl2NO/c18-13-15(11-7-3-1-4-8-11)20-16(14(19)17(13)21)12-9-5-2-6-10-12/h1-10,13-16,20H. The van der Waals surface area contributed by atoms with Crippen LogP contribution in [-0.4, -0.2) is 16.5 Å². The number of nitrogens with one attached hydrogen (secondary N) is 1. The molecule has 21 heavy (non-hydrogen) atoms. The Hall–Kier alpha value is -1.35.